The van der Waals surface area contributed by atoms with E-state index in [9.17, 15) is 19.7 Å². The van der Waals surface area contributed by atoms with Crippen molar-refractivity contribution in [3.63, 3.8) is 0 Å². The Morgan fingerprint density at radius 1 is 1.08 bits per heavy atom. The molecule has 3 aromatic carbocycles. The molecule has 4 rings (SSSR count). The predicted octanol–water partition coefficient (Wildman–Crippen LogP) is 6.26. The summed E-state index contributed by atoms with van der Waals surface area (Å²) in [7, 11) is 0. The molecule has 0 fully saturated rings. The first-order valence-electron chi connectivity index (χ1n) is 11.1. The second kappa shape index (κ2) is 11.7. The van der Waals surface area contributed by atoms with E-state index in [2.05, 4.69) is 4.99 Å². The highest BCUT2D eigenvalue weighted by molar-refractivity contribution is 6.37. The number of hydrogen-bond acceptors (Lipinski definition) is 8. The molecule has 0 radical (unpaired) electrons. The Hall–Kier alpha value is -4.47. The summed E-state index contributed by atoms with van der Waals surface area (Å²) in [6.45, 7) is 2.05. The van der Waals surface area contributed by atoms with Crippen molar-refractivity contribution in [1.29, 1.82) is 0 Å². The lowest BCUT2D eigenvalue weighted by atomic mass is 10.1. The predicted molar refractivity (Wildman–Crippen MR) is 142 cm³/mol. The summed E-state index contributed by atoms with van der Waals surface area (Å²) in [6, 6.07) is 15.2. The van der Waals surface area contributed by atoms with E-state index in [1.54, 1.807) is 37.3 Å². The summed E-state index contributed by atoms with van der Waals surface area (Å²) < 4.78 is 16.3. The standard InChI is InChI=1S/C27H18Cl2N2O7/c1-2-36-24-14-17(13-22-27(33)38-26(30-22)20-9-8-18(28)15-21(20)29)6-10-23(24)37-25(32)11-7-16-4-3-5-19(12-16)31(34)35/h3-15H,2H2,1H3/b11-7+,22-13-. The van der Waals surface area contributed by atoms with Crippen molar-refractivity contribution >= 4 is 58.9 Å². The van der Waals surface area contributed by atoms with E-state index in [1.165, 1.54) is 42.5 Å². The third-order valence-corrected chi connectivity index (χ3v) is 5.60. The average Bonchev–Trinajstić information content (AvgIpc) is 3.24. The van der Waals surface area contributed by atoms with Crippen LogP contribution in [-0.4, -0.2) is 29.4 Å². The maximum atomic E-state index is 12.4. The lowest BCUT2D eigenvalue weighted by Crippen LogP contribution is -2.06. The molecule has 0 saturated heterocycles. The Bertz CT molecular complexity index is 1530. The van der Waals surface area contributed by atoms with E-state index < -0.39 is 16.9 Å². The molecule has 192 valence electrons. The molecular weight excluding hydrogens is 535 g/mol. The van der Waals surface area contributed by atoms with Crippen LogP contribution in [0.4, 0.5) is 5.69 Å². The smallest absolute Gasteiger partial charge is 0.363 e. The minimum absolute atomic E-state index is 0.0399. The van der Waals surface area contributed by atoms with Crippen LogP contribution in [0.1, 0.15) is 23.6 Å². The Morgan fingerprint density at radius 2 is 1.89 bits per heavy atom. The lowest BCUT2D eigenvalue weighted by molar-refractivity contribution is -0.384. The van der Waals surface area contributed by atoms with Gasteiger partial charge in [-0.3, -0.25) is 10.1 Å². The normalized spacial score (nSPS) is 13.9. The molecule has 3 aromatic rings. The van der Waals surface area contributed by atoms with Crippen molar-refractivity contribution in [2.24, 2.45) is 4.99 Å². The molecule has 1 aliphatic heterocycles. The number of hydrogen-bond donors (Lipinski definition) is 0. The average molecular weight is 553 g/mol. The van der Waals surface area contributed by atoms with E-state index in [4.69, 9.17) is 37.4 Å². The van der Waals surface area contributed by atoms with Gasteiger partial charge >= 0.3 is 11.9 Å². The molecule has 0 aromatic heterocycles. The molecule has 11 heteroatoms. The summed E-state index contributed by atoms with van der Waals surface area (Å²) in [6.07, 6.45) is 4.05. The van der Waals surface area contributed by atoms with Crippen molar-refractivity contribution in [3.8, 4) is 11.5 Å². The number of carbonyl (C=O) groups is 2. The summed E-state index contributed by atoms with van der Waals surface area (Å²) in [5.41, 5.74) is 1.37. The molecule has 0 atom stereocenters. The molecule has 0 N–H and O–H groups in total. The zero-order valence-corrected chi connectivity index (χ0v) is 21.2. The van der Waals surface area contributed by atoms with Gasteiger partial charge in [-0.25, -0.2) is 14.6 Å². The first-order valence-corrected chi connectivity index (χ1v) is 11.9. The summed E-state index contributed by atoms with van der Waals surface area (Å²) >= 11 is 12.1. The van der Waals surface area contributed by atoms with Crippen molar-refractivity contribution in [2.45, 2.75) is 6.92 Å². The van der Waals surface area contributed by atoms with Crippen LogP contribution in [0.3, 0.4) is 0 Å². The van der Waals surface area contributed by atoms with Crippen LogP contribution in [0, 0.1) is 10.1 Å². The Morgan fingerprint density at radius 3 is 2.63 bits per heavy atom. The van der Waals surface area contributed by atoms with Gasteiger partial charge in [0, 0.05) is 23.2 Å². The van der Waals surface area contributed by atoms with Gasteiger partial charge in [0.2, 0.25) is 5.90 Å². The fourth-order valence-electron chi connectivity index (χ4n) is 3.36. The number of ether oxygens (including phenoxy) is 3. The van der Waals surface area contributed by atoms with Crippen molar-refractivity contribution in [1.82, 2.24) is 0 Å². The van der Waals surface area contributed by atoms with Gasteiger partial charge in [-0.05, 0) is 60.5 Å². The van der Waals surface area contributed by atoms with Crippen LogP contribution in [-0.2, 0) is 14.3 Å². The largest absolute Gasteiger partial charge is 0.490 e. The van der Waals surface area contributed by atoms with Gasteiger partial charge in [0.05, 0.1) is 22.1 Å². The molecule has 0 spiro atoms. The van der Waals surface area contributed by atoms with Crippen molar-refractivity contribution in [2.75, 3.05) is 6.61 Å². The Balaban J connectivity index is 1.53. The van der Waals surface area contributed by atoms with Gasteiger partial charge in [0.15, 0.2) is 17.2 Å². The van der Waals surface area contributed by atoms with Gasteiger partial charge in [0.1, 0.15) is 0 Å². The zero-order chi connectivity index (χ0) is 27.2. The number of nitro benzene ring substituents is 1. The van der Waals surface area contributed by atoms with Gasteiger partial charge in [0.25, 0.3) is 5.69 Å². The highest BCUT2D eigenvalue weighted by Gasteiger charge is 2.26. The summed E-state index contributed by atoms with van der Waals surface area (Å²) in [5.74, 6) is -0.916. The molecule has 0 saturated carbocycles. The molecule has 0 aliphatic carbocycles. The molecule has 1 heterocycles. The van der Waals surface area contributed by atoms with Gasteiger partial charge < -0.3 is 14.2 Å². The fraction of sp³-hybridized carbons (Fsp3) is 0.0741. The maximum absolute atomic E-state index is 12.4. The van der Waals surface area contributed by atoms with E-state index >= 15 is 0 Å². The summed E-state index contributed by atoms with van der Waals surface area (Å²) in [4.78, 5) is 39.4. The van der Waals surface area contributed by atoms with Crippen LogP contribution >= 0.6 is 23.2 Å². The van der Waals surface area contributed by atoms with Crippen molar-refractivity contribution < 1.29 is 28.7 Å². The molecule has 1 aliphatic rings. The van der Waals surface area contributed by atoms with E-state index in [-0.39, 0.29) is 40.4 Å². The first kappa shape index (κ1) is 26.6. The first-order chi connectivity index (χ1) is 18.2. The second-order valence-corrected chi connectivity index (χ2v) is 8.55. The van der Waals surface area contributed by atoms with Crippen LogP contribution < -0.4 is 9.47 Å². The molecular formula is C27H18Cl2N2O7. The summed E-state index contributed by atoms with van der Waals surface area (Å²) in [5, 5.41) is 11.6. The number of cyclic esters (lactones) is 1. The van der Waals surface area contributed by atoms with Crippen LogP contribution in [0.2, 0.25) is 10.0 Å². The molecule has 38 heavy (non-hydrogen) atoms. The number of carbonyl (C=O) groups excluding carboxylic acids is 2. The van der Waals surface area contributed by atoms with Gasteiger partial charge in [-0.2, -0.15) is 0 Å². The fourth-order valence-corrected chi connectivity index (χ4v) is 3.85. The maximum Gasteiger partial charge on any atom is 0.363 e. The van der Waals surface area contributed by atoms with Gasteiger partial charge in [-0.15, -0.1) is 0 Å². The number of non-ortho nitro benzene ring substituents is 1. The van der Waals surface area contributed by atoms with E-state index in [1.807, 2.05) is 0 Å². The minimum atomic E-state index is -0.711. The molecule has 0 bridgehead atoms. The SMILES string of the molecule is CCOc1cc(/C=C2\N=C(c3ccc(Cl)cc3Cl)OC2=O)ccc1OC(=O)/C=C/c1cccc([N+](=O)[O-])c1. The highest BCUT2D eigenvalue weighted by Crippen LogP contribution is 2.31. The van der Waals surface area contributed by atoms with Crippen LogP contribution in [0.15, 0.2) is 77.4 Å². The third-order valence-electron chi connectivity index (χ3n) is 5.06. The topological polar surface area (TPSA) is 117 Å². The third kappa shape index (κ3) is 6.44. The highest BCUT2D eigenvalue weighted by atomic mass is 35.5. The molecule has 0 amide bonds. The minimum Gasteiger partial charge on any atom is -0.490 e. The molecule has 0 unspecified atom stereocenters. The number of esters is 2. The second-order valence-electron chi connectivity index (χ2n) is 7.71. The Labute approximate surface area is 226 Å². The number of nitrogens with zero attached hydrogens (tertiary/aromatic N) is 2. The quantitative estimate of drug-likeness (QED) is 0.106. The van der Waals surface area contributed by atoms with Crippen molar-refractivity contribution in [3.05, 3.63) is 109 Å². The number of aliphatic imine (C=N–C) groups is 1. The van der Waals surface area contributed by atoms with E-state index in [0.29, 0.717) is 21.7 Å². The zero-order valence-electron chi connectivity index (χ0n) is 19.7. The number of halogens is 2. The van der Waals surface area contributed by atoms with Crippen LogP contribution in [0.5, 0.6) is 11.5 Å². The monoisotopic (exact) mass is 552 g/mol. The number of benzene rings is 3. The molecule has 9 nitrogen and oxygen atoms in total. The van der Waals surface area contributed by atoms with Crippen LogP contribution in [0.25, 0.3) is 12.2 Å². The number of nitro groups is 1. The lowest BCUT2D eigenvalue weighted by Gasteiger charge is -2.10. The Kier molecular flexibility index (Phi) is 8.20. The van der Waals surface area contributed by atoms with E-state index in [0.717, 1.165) is 6.08 Å². The number of rotatable bonds is 8. The van der Waals surface area contributed by atoms with Gasteiger partial charge in [-0.1, -0.05) is 41.4 Å².